The molecule has 3 aliphatic rings. The molecule has 0 N–H and O–H groups in total. The average molecular weight is 549 g/mol. The van der Waals surface area contributed by atoms with Gasteiger partial charge >= 0.3 is 0 Å². The second-order valence-electron chi connectivity index (χ2n) is 10.3. The second kappa shape index (κ2) is 10.4. The van der Waals surface area contributed by atoms with Gasteiger partial charge in [0.05, 0.1) is 6.61 Å². The SMILES string of the molecule is COCCN1C2=C(C(=O)CCC2)C(c2cn(Cc3ccc(Cl)cc3Cl)c3ccccc23)C2=C1CCCC2=O. The smallest absolute Gasteiger partial charge is 0.161 e. The zero-order chi connectivity index (χ0) is 26.4. The fourth-order valence-corrected chi connectivity index (χ4v) is 6.92. The number of benzene rings is 2. The molecular formula is C31H30Cl2N2O3. The van der Waals surface area contributed by atoms with Crippen LogP contribution in [0.4, 0.5) is 0 Å². The van der Waals surface area contributed by atoms with Gasteiger partial charge in [-0.1, -0.05) is 47.5 Å². The number of rotatable bonds is 6. The molecule has 6 rings (SSSR count). The second-order valence-corrected chi connectivity index (χ2v) is 11.2. The third-order valence-corrected chi connectivity index (χ3v) is 8.68. The Kier molecular flexibility index (Phi) is 6.93. The van der Waals surface area contributed by atoms with E-state index < -0.39 is 0 Å². The Morgan fingerprint density at radius 3 is 2.26 bits per heavy atom. The number of carbonyl (C=O) groups excluding carboxylic acids is 2. The molecule has 0 saturated heterocycles. The molecule has 0 bridgehead atoms. The number of Topliss-reactive ketones (excluding diaryl/α,β-unsaturated/α-hetero) is 2. The van der Waals surface area contributed by atoms with E-state index in [1.54, 1.807) is 13.2 Å². The first-order valence-electron chi connectivity index (χ1n) is 13.3. The zero-order valence-corrected chi connectivity index (χ0v) is 22.9. The van der Waals surface area contributed by atoms with Crippen molar-refractivity contribution in [2.45, 2.75) is 51.0 Å². The molecule has 0 amide bonds. The number of carbonyl (C=O) groups is 2. The van der Waals surface area contributed by atoms with Crippen LogP contribution in [-0.4, -0.2) is 41.3 Å². The molecule has 1 aromatic heterocycles. The van der Waals surface area contributed by atoms with E-state index in [0.717, 1.165) is 70.3 Å². The monoisotopic (exact) mass is 548 g/mol. The van der Waals surface area contributed by atoms with Crippen LogP contribution in [0.5, 0.6) is 0 Å². The van der Waals surface area contributed by atoms with Gasteiger partial charge in [0.25, 0.3) is 0 Å². The lowest BCUT2D eigenvalue weighted by atomic mass is 9.71. The number of hydrogen-bond acceptors (Lipinski definition) is 4. The molecule has 0 radical (unpaired) electrons. The van der Waals surface area contributed by atoms with Crippen LogP contribution in [0.15, 0.2) is 71.2 Å². The number of nitrogens with zero attached hydrogens (tertiary/aromatic N) is 2. The Labute approximate surface area is 232 Å². The zero-order valence-electron chi connectivity index (χ0n) is 21.4. The first-order valence-corrected chi connectivity index (χ1v) is 14.0. The molecule has 0 spiro atoms. The summed E-state index contributed by atoms with van der Waals surface area (Å²) in [6, 6.07) is 13.8. The molecular weight excluding hydrogens is 519 g/mol. The lowest BCUT2D eigenvalue weighted by Crippen LogP contribution is -2.40. The summed E-state index contributed by atoms with van der Waals surface area (Å²) < 4.78 is 7.60. The van der Waals surface area contributed by atoms with Crippen LogP contribution in [0.3, 0.4) is 0 Å². The van der Waals surface area contributed by atoms with Crippen molar-refractivity contribution in [1.82, 2.24) is 9.47 Å². The molecule has 5 nitrogen and oxygen atoms in total. The summed E-state index contributed by atoms with van der Waals surface area (Å²) in [7, 11) is 1.69. The summed E-state index contributed by atoms with van der Waals surface area (Å²) in [5.74, 6) is -0.0476. The first-order chi connectivity index (χ1) is 18.5. The highest BCUT2D eigenvalue weighted by Crippen LogP contribution is 2.50. The number of aromatic nitrogens is 1. The molecule has 2 heterocycles. The number of fused-ring (bicyclic) bond motifs is 1. The molecule has 38 heavy (non-hydrogen) atoms. The Morgan fingerprint density at radius 1 is 0.921 bits per heavy atom. The van der Waals surface area contributed by atoms with Crippen LogP contribution in [0.1, 0.15) is 55.6 Å². The summed E-state index contributed by atoms with van der Waals surface area (Å²) in [5, 5.41) is 2.27. The van der Waals surface area contributed by atoms with Crippen LogP contribution in [0.25, 0.3) is 10.9 Å². The van der Waals surface area contributed by atoms with Crippen molar-refractivity contribution in [2.75, 3.05) is 20.3 Å². The fraction of sp³-hybridized carbons (Fsp3) is 0.355. The minimum Gasteiger partial charge on any atom is -0.383 e. The molecule has 1 aliphatic heterocycles. The van der Waals surface area contributed by atoms with Crippen LogP contribution in [0, 0.1) is 0 Å². The van der Waals surface area contributed by atoms with Gasteiger partial charge < -0.3 is 14.2 Å². The Morgan fingerprint density at radius 2 is 1.61 bits per heavy atom. The maximum absolute atomic E-state index is 13.6. The van der Waals surface area contributed by atoms with Crippen LogP contribution < -0.4 is 0 Å². The van der Waals surface area contributed by atoms with E-state index in [0.29, 0.717) is 42.6 Å². The van der Waals surface area contributed by atoms with Crippen molar-refractivity contribution < 1.29 is 14.3 Å². The lowest BCUT2D eigenvalue weighted by Gasteiger charge is -2.43. The van der Waals surface area contributed by atoms with Gasteiger partial charge in [0.1, 0.15) is 0 Å². The highest BCUT2D eigenvalue weighted by Gasteiger charge is 2.44. The maximum atomic E-state index is 13.6. The number of methoxy groups -OCH3 is 1. The third-order valence-electron chi connectivity index (χ3n) is 8.09. The van der Waals surface area contributed by atoms with Crippen LogP contribution in [-0.2, 0) is 20.9 Å². The average Bonchev–Trinajstić information content (AvgIpc) is 3.27. The summed E-state index contributed by atoms with van der Waals surface area (Å²) >= 11 is 12.7. The van der Waals surface area contributed by atoms with Crippen LogP contribution >= 0.6 is 23.2 Å². The predicted octanol–water partition coefficient (Wildman–Crippen LogP) is 7.06. The number of ketones is 2. The first kappa shape index (κ1) is 25.4. The maximum Gasteiger partial charge on any atom is 0.161 e. The molecule has 3 aromatic rings. The van der Waals surface area contributed by atoms with Gasteiger partial charge in [-0.2, -0.15) is 0 Å². The molecule has 2 aromatic carbocycles. The molecule has 0 fully saturated rings. The van der Waals surface area contributed by atoms with E-state index >= 15 is 0 Å². The van der Waals surface area contributed by atoms with Gasteiger partial charge in [0, 0.05) is 88.6 Å². The number of hydrogen-bond donors (Lipinski definition) is 0. The van der Waals surface area contributed by atoms with Crippen molar-refractivity contribution in [3.63, 3.8) is 0 Å². The van der Waals surface area contributed by atoms with Gasteiger partial charge in [0.15, 0.2) is 11.6 Å². The molecule has 0 saturated carbocycles. The van der Waals surface area contributed by atoms with Gasteiger partial charge in [0.2, 0.25) is 0 Å². The van der Waals surface area contributed by atoms with E-state index in [-0.39, 0.29) is 17.5 Å². The quantitative estimate of drug-likeness (QED) is 0.331. The molecule has 7 heteroatoms. The summed E-state index contributed by atoms with van der Waals surface area (Å²) in [4.78, 5) is 29.5. The highest BCUT2D eigenvalue weighted by molar-refractivity contribution is 6.35. The van der Waals surface area contributed by atoms with E-state index in [9.17, 15) is 9.59 Å². The van der Waals surface area contributed by atoms with Crippen molar-refractivity contribution >= 4 is 45.7 Å². The van der Waals surface area contributed by atoms with E-state index in [2.05, 4.69) is 27.8 Å². The number of allylic oxidation sites excluding steroid dienone is 4. The lowest BCUT2D eigenvalue weighted by molar-refractivity contribution is -0.117. The Bertz CT molecular complexity index is 1470. The number of halogens is 2. The van der Waals surface area contributed by atoms with Gasteiger partial charge in [-0.15, -0.1) is 0 Å². The minimum absolute atomic E-state index is 0.154. The molecule has 196 valence electrons. The van der Waals surface area contributed by atoms with Crippen LogP contribution in [0.2, 0.25) is 10.0 Å². The third kappa shape index (κ3) is 4.31. The largest absolute Gasteiger partial charge is 0.383 e. The van der Waals surface area contributed by atoms with Crippen molar-refractivity contribution in [3.05, 3.63) is 92.4 Å². The Hall–Kier alpha value is -2.86. The Balaban J connectivity index is 1.55. The number of ether oxygens (including phenoxy) is 1. The fourth-order valence-electron chi connectivity index (χ4n) is 6.45. The van der Waals surface area contributed by atoms with Crippen molar-refractivity contribution in [2.24, 2.45) is 0 Å². The normalized spacial score (nSPS) is 18.4. The predicted molar refractivity (Wildman–Crippen MR) is 151 cm³/mol. The topological polar surface area (TPSA) is 51.5 Å². The van der Waals surface area contributed by atoms with E-state index in [4.69, 9.17) is 27.9 Å². The van der Waals surface area contributed by atoms with Gasteiger partial charge in [-0.25, -0.2) is 0 Å². The summed E-state index contributed by atoms with van der Waals surface area (Å²) in [6.07, 6.45) is 6.51. The molecule has 2 aliphatic carbocycles. The standard InChI is InChI=1S/C31H30Cl2N2O3/c1-38-15-14-35-25-8-4-10-27(36)30(25)29(31-26(35)9-5-11-28(31)37)22-18-34(24-7-3-2-6-21(22)24)17-19-12-13-20(32)16-23(19)33/h2-3,6-7,12-13,16,18,29H,4-5,8-11,14-15,17H2,1H3. The molecule has 0 atom stereocenters. The number of para-hydroxylation sites is 1. The summed E-state index contributed by atoms with van der Waals surface area (Å²) in [5.41, 5.74) is 6.78. The summed E-state index contributed by atoms with van der Waals surface area (Å²) in [6.45, 7) is 1.75. The van der Waals surface area contributed by atoms with Gasteiger partial charge in [-0.05, 0) is 55.0 Å². The van der Waals surface area contributed by atoms with E-state index in [1.807, 2.05) is 24.3 Å². The highest BCUT2D eigenvalue weighted by atomic mass is 35.5. The van der Waals surface area contributed by atoms with E-state index in [1.165, 1.54) is 0 Å². The molecule has 0 unspecified atom stereocenters. The van der Waals surface area contributed by atoms with Gasteiger partial charge in [-0.3, -0.25) is 9.59 Å². The minimum atomic E-state index is -0.355. The van der Waals surface area contributed by atoms with Crippen molar-refractivity contribution in [3.8, 4) is 0 Å². The van der Waals surface area contributed by atoms with Crippen molar-refractivity contribution in [1.29, 1.82) is 0 Å².